The summed E-state index contributed by atoms with van der Waals surface area (Å²) in [5.41, 5.74) is 4.45. The smallest absolute Gasteiger partial charge is 0.150 e. The van der Waals surface area contributed by atoms with Gasteiger partial charge in [-0.1, -0.05) is 59.7 Å². The largest absolute Gasteiger partial charge is 0.298 e. The van der Waals surface area contributed by atoms with Crippen LogP contribution in [0, 0.1) is 13.8 Å². The lowest BCUT2D eigenvalue weighted by molar-refractivity contribution is 0.112. The second-order valence-corrected chi connectivity index (χ2v) is 8.63. The predicted molar refractivity (Wildman–Crippen MR) is 109 cm³/mol. The van der Waals surface area contributed by atoms with E-state index in [2.05, 4.69) is 74.5 Å². The van der Waals surface area contributed by atoms with Crippen molar-refractivity contribution in [1.29, 1.82) is 0 Å². The van der Waals surface area contributed by atoms with E-state index in [1.807, 2.05) is 35.7 Å². The van der Waals surface area contributed by atoms with Gasteiger partial charge in [-0.15, -0.1) is 23.5 Å². The van der Waals surface area contributed by atoms with Gasteiger partial charge in [-0.3, -0.25) is 4.79 Å². The fourth-order valence-corrected chi connectivity index (χ4v) is 4.90. The van der Waals surface area contributed by atoms with Gasteiger partial charge in [-0.05, 0) is 43.7 Å². The summed E-state index contributed by atoms with van der Waals surface area (Å²) in [6, 6.07) is 25.1. The van der Waals surface area contributed by atoms with Crippen LogP contribution in [-0.4, -0.2) is 6.29 Å². The SMILES string of the molecule is Cc1ccc(SC(Sc2ccc(C)cc2)c2ccc(C=O)cc2)cc1. The van der Waals surface area contributed by atoms with Gasteiger partial charge in [0.05, 0.1) is 4.58 Å². The highest BCUT2D eigenvalue weighted by Gasteiger charge is 2.15. The van der Waals surface area contributed by atoms with Crippen LogP contribution in [0.1, 0.15) is 31.6 Å². The van der Waals surface area contributed by atoms with Crippen LogP contribution in [-0.2, 0) is 0 Å². The van der Waals surface area contributed by atoms with Gasteiger partial charge in [0.1, 0.15) is 6.29 Å². The standard InChI is InChI=1S/C22H20OS2/c1-16-3-11-20(12-4-16)24-22(19-9-7-18(15-23)8-10-19)25-21-13-5-17(2)6-14-21/h3-15,22H,1-2H3. The number of rotatable bonds is 6. The van der Waals surface area contributed by atoms with Crippen LogP contribution in [0.5, 0.6) is 0 Å². The number of aldehydes is 1. The molecule has 0 fully saturated rings. The predicted octanol–water partition coefficient (Wildman–Crippen LogP) is 6.70. The van der Waals surface area contributed by atoms with Crippen molar-refractivity contribution in [3.05, 3.63) is 95.1 Å². The molecule has 3 aromatic rings. The summed E-state index contributed by atoms with van der Waals surface area (Å²) in [7, 11) is 0. The van der Waals surface area contributed by atoms with Crippen molar-refractivity contribution < 1.29 is 4.79 Å². The number of aryl methyl sites for hydroxylation is 2. The zero-order valence-corrected chi connectivity index (χ0v) is 15.9. The summed E-state index contributed by atoms with van der Waals surface area (Å²) in [5, 5.41) is 0. The van der Waals surface area contributed by atoms with Crippen LogP contribution in [0.25, 0.3) is 0 Å². The van der Waals surface area contributed by atoms with Crippen molar-refractivity contribution in [3.8, 4) is 0 Å². The van der Waals surface area contributed by atoms with Crippen molar-refractivity contribution >= 4 is 29.8 Å². The first-order chi connectivity index (χ1) is 12.1. The first kappa shape index (κ1) is 17.8. The van der Waals surface area contributed by atoms with Crippen molar-refractivity contribution in [3.63, 3.8) is 0 Å². The Hall–Kier alpha value is -1.97. The number of thioether (sulfide) groups is 2. The van der Waals surface area contributed by atoms with E-state index in [-0.39, 0.29) is 4.58 Å². The number of hydrogen-bond donors (Lipinski definition) is 0. The molecule has 0 spiro atoms. The molecule has 3 rings (SSSR count). The topological polar surface area (TPSA) is 17.1 Å². The maximum Gasteiger partial charge on any atom is 0.150 e. The quantitative estimate of drug-likeness (QED) is 0.275. The highest BCUT2D eigenvalue weighted by molar-refractivity contribution is 8.16. The molecule has 0 bridgehead atoms. The molecule has 25 heavy (non-hydrogen) atoms. The van der Waals surface area contributed by atoms with Crippen LogP contribution in [0.4, 0.5) is 0 Å². The summed E-state index contributed by atoms with van der Waals surface area (Å²) in [6.07, 6.45) is 0.888. The second-order valence-electron chi connectivity index (χ2n) is 5.98. The Balaban J connectivity index is 1.87. The van der Waals surface area contributed by atoms with E-state index in [1.54, 1.807) is 0 Å². The molecule has 3 heteroatoms. The first-order valence-corrected chi connectivity index (χ1v) is 9.92. The van der Waals surface area contributed by atoms with Gasteiger partial charge in [-0.2, -0.15) is 0 Å². The summed E-state index contributed by atoms with van der Waals surface area (Å²) in [4.78, 5) is 13.4. The number of carbonyl (C=O) groups is 1. The molecule has 0 atom stereocenters. The monoisotopic (exact) mass is 364 g/mol. The Labute approximate surface area is 157 Å². The van der Waals surface area contributed by atoms with Crippen molar-refractivity contribution in [2.45, 2.75) is 28.2 Å². The Kier molecular flexibility index (Phi) is 6.00. The van der Waals surface area contributed by atoms with Gasteiger partial charge in [-0.25, -0.2) is 0 Å². The molecule has 0 radical (unpaired) electrons. The van der Waals surface area contributed by atoms with Gasteiger partial charge in [0.25, 0.3) is 0 Å². The minimum Gasteiger partial charge on any atom is -0.298 e. The van der Waals surface area contributed by atoms with E-state index in [9.17, 15) is 4.79 Å². The second kappa shape index (κ2) is 8.41. The van der Waals surface area contributed by atoms with E-state index in [0.717, 1.165) is 6.29 Å². The van der Waals surface area contributed by atoms with E-state index in [0.29, 0.717) is 5.56 Å². The molecule has 0 saturated carbocycles. The molecule has 0 unspecified atom stereocenters. The molecule has 0 amide bonds. The molecular weight excluding hydrogens is 344 g/mol. The molecule has 0 aliphatic rings. The highest BCUT2D eigenvalue weighted by Crippen LogP contribution is 2.47. The number of carbonyl (C=O) groups excluding carboxylic acids is 1. The van der Waals surface area contributed by atoms with Crippen molar-refractivity contribution in [1.82, 2.24) is 0 Å². The molecule has 3 aromatic carbocycles. The summed E-state index contributed by atoms with van der Waals surface area (Å²) in [5.74, 6) is 0. The molecule has 0 heterocycles. The molecule has 0 N–H and O–H groups in total. The van der Waals surface area contributed by atoms with Crippen LogP contribution in [0.3, 0.4) is 0 Å². The molecular formula is C22H20OS2. The van der Waals surface area contributed by atoms with E-state index < -0.39 is 0 Å². The maximum absolute atomic E-state index is 10.9. The van der Waals surface area contributed by atoms with Gasteiger partial charge in [0, 0.05) is 15.4 Å². The Morgan fingerprint density at radius 1 is 0.680 bits per heavy atom. The molecule has 0 aliphatic carbocycles. The van der Waals surface area contributed by atoms with Crippen LogP contribution in [0.15, 0.2) is 82.6 Å². The third-order valence-corrected chi connectivity index (χ3v) is 6.51. The summed E-state index contributed by atoms with van der Waals surface area (Å²) < 4.78 is 0.228. The van der Waals surface area contributed by atoms with Gasteiger partial charge < -0.3 is 0 Å². The average molecular weight is 365 g/mol. The lowest BCUT2D eigenvalue weighted by atomic mass is 10.2. The zero-order valence-electron chi connectivity index (χ0n) is 14.3. The van der Waals surface area contributed by atoms with E-state index in [4.69, 9.17) is 0 Å². The minimum atomic E-state index is 0.228. The third-order valence-electron chi connectivity index (χ3n) is 3.87. The zero-order chi connectivity index (χ0) is 17.6. The fraction of sp³-hybridized carbons (Fsp3) is 0.136. The van der Waals surface area contributed by atoms with Crippen LogP contribution < -0.4 is 0 Å². The highest BCUT2D eigenvalue weighted by atomic mass is 32.2. The molecule has 1 nitrogen and oxygen atoms in total. The Morgan fingerprint density at radius 3 is 1.52 bits per heavy atom. The molecule has 0 saturated heterocycles. The van der Waals surface area contributed by atoms with Gasteiger partial charge >= 0.3 is 0 Å². The van der Waals surface area contributed by atoms with Crippen molar-refractivity contribution in [2.75, 3.05) is 0 Å². The third kappa shape index (κ3) is 5.00. The lowest BCUT2D eigenvalue weighted by Crippen LogP contribution is -1.91. The Bertz CT molecular complexity index is 774. The maximum atomic E-state index is 10.9. The molecule has 0 aliphatic heterocycles. The fourth-order valence-electron chi connectivity index (χ4n) is 2.37. The van der Waals surface area contributed by atoms with E-state index in [1.165, 1.54) is 26.5 Å². The molecule has 0 aromatic heterocycles. The van der Waals surface area contributed by atoms with Gasteiger partial charge in [0.15, 0.2) is 0 Å². The number of hydrogen-bond acceptors (Lipinski definition) is 3. The molecule has 126 valence electrons. The lowest BCUT2D eigenvalue weighted by Gasteiger charge is -2.17. The Morgan fingerprint density at radius 2 is 1.12 bits per heavy atom. The normalized spacial score (nSPS) is 10.8. The van der Waals surface area contributed by atoms with Crippen LogP contribution in [0.2, 0.25) is 0 Å². The van der Waals surface area contributed by atoms with Crippen LogP contribution >= 0.6 is 23.5 Å². The summed E-state index contributed by atoms with van der Waals surface area (Å²) >= 11 is 3.68. The van der Waals surface area contributed by atoms with Gasteiger partial charge in [0.2, 0.25) is 0 Å². The van der Waals surface area contributed by atoms with Crippen molar-refractivity contribution in [2.24, 2.45) is 0 Å². The number of benzene rings is 3. The van der Waals surface area contributed by atoms with E-state index >= 15 is 0 Å². The summed E-state index contributed by atoms with van der Waals surface area (Å²) in [6.45, 7) is 4.20. The average Bonchev–Trinajstić information content (AvgIpc) is 2.65. The minimum absolute atomic E-state index is 0.228. The first-order valence-electron chi connectivity index (χ1n) is 8.16.